The molecule has 4 rings (SSSR count). The van der Waals surface area contributed by atoms with Gasteiger partial charge in [-0.15, -0.1) is 0 Å². The van der Waals surface area contributed by atoms with E-state index < -0.39 is 12.1 Å². The van der Waals surface area contributed by atoms with E-state index in [1.807, 2.05) is 48.5 Å². The minimum atomic E-state index is -0.940. The summed E-state index contributed by atoms with van der Waals surface area (Å²) in [6.07, 6.45) is -0.161. The van der Waals surface area contributed by atoms with Gasteiger partial charge in [-0.3, -0.25) is 14.7 Å². The van der Waals surface area contributed by atoms with Crippen molar-refractivity contribution in [2.45, 2.75) is 65.6 Å². The number of aromatic nitrogens is 1. The van der Waals surface area contributed by atoms with E-state index in [4.69, 9.17) is 9.72 Å². The molecule has 178 valence electrons. The van der Waals surface area contributed by atoms with Gasteiger partial charge in [0.1, 0.15) is 0 Å². The number of para-hydroxylation sites is 1. The van der Waals surface area contributed by atoms with Gasteiger partial charge >= 0.3 is 5.97 Å². The lowest BCUT2D eigenvalue weighted by atomic mass is 9.95. The van der Waals surface area contributed by atoms with Crippen LogP contribution >= 0.6 is 0 Å². The molecule has 2 aromatic carbocycles. The van der Waals surface area contributed by atoms with Gasteiger partial charge in [0.2, 0.25) is 0 Å². The van der Waals surface area contributed by atoms with Gasteiger partial charge < -0.3 is 10.1 Å². The van der Waals surface area contributed by atoms with Gasteiger partial charge in [-0.05, 0) is 50.5 Å². The lowest BCUT2D eigenvalue weighted by molar-refractivity contribution is -0.123. The summed E-state index contributed by atoms with van der Waals surface area (Å²) < 4.78 is 5.71. The predicted molar refractivity (Wildman–Crippen MR) is 135 cm³/mol. The van der Waals surface area contributed by atoms with E-state index in [-0.39, 0.29) is 5.91 Å². The standard InChI is InChI=1S/C28H33N3O3/c1-17(2)20-10-12-21(13-11-20)29-27(32)19(5)34-28(33)26-22-8-6-7-9-24(22)30-25-14-15-31(18(3)4)16-23(25)26/h6-13,17-19H,14-16H2,1-5H3,(H,29,32). The van der Waals surface area contributed by atoms with Crippen molar-refractivity contribution >= 4 is 28.5 Å². The molecule has 6 nitrogen and oxygen atoms in total. The van der Waals surface area contributed by atoms with Crippen LogP contribution < -0.4 is 5.32 Å². The van der Waals surface area contributed by atoms with E-state index in [0.29, 0.717) is 29.8 Å². The number of carbonyl (C=O) groups is 2. The molecule has 0 saturated heterocycles. The molecule has 1 aliphatic heterocycles. The number of hydrogen-bond acceptors (Lipinski definition) is 5. The fourth-order valence-electron chi connectivity index (χ4n) is 4.35. The Labute approximate surface area is 201 Å². The number of hydrogen-bond donors (Lipinski definition) is 1. The van der Waals surface area contributed by atoms with Crippen LogP contribution in [0.5, 0.6) is 0 Å². The van der Waals surface area contributed by atoms with Crippen LogP contribution in [-0.4, -0.2) is 40.5 Å². The molecule has 2 heterocycles. The van der Waals surface area contributed by atoms with E-state index in [9.17, 15) is 9.59 Å². The summed E-state index contributed by atoms with van der Waals surface area (Å²) in [5.41, 5.74) is 5.00. The molecule has 0 radical (unpaired) electrons. The van der Waals surface area contributed by atoms with Crippen LogP contribution in [0, 0.1) is 0 Å². The Morgan fingerprint density at radius 3 is 2.38 bits per heavy atom. The Kier molecular flexibility index (Phi) is 6.98. The molecule has 1 aliphatic rings. The first kappa shape index (κ1) is 23.9. The third-order valence-corrected chi connectivity index (χ3v) is 6.51. The lowest BCUT2D eigenvalue weighted by Gasteiger charge is -2.32. The summed E-state index contributed by atoms with van der Waals surface area (Å²) in [6, 6.07) is 15.7. The Morgan fingerprint density at radius 2 is 1.71 bits per heavy atom. The number of amides is 1. The Morgan fingerprint density at radius 1 is 1.00 bits per heavy atom. The zero-order valence-corrected chi connectivity index (χ0v) is 20.6. The van der Waals surface area contributed by atoms with E-state index >= 15 is 0 Å². The second-order valence-corrected chi connectivity index (χ2v) is 9.56. The zero-order chi connectivity index (χ0) is 24.4. The normalized spacial score (nSPS) is 14.8. The van der Waals surface area contributed by atoms with Gasteiger partial charge in [-0.2, -0.15) is 0 Å². The smallest absolute Gasteiger partial charge is 0.339 e. The number of pyridine rings is 1. The summed E-state index contributed by atoms with van der Waals surface area (Å²) >= 11 is 0. The second-order valence-electron chi connectivity index (χ2n) is 9.56. The molecule has 1 N–H and O–H groups in total. The largest absolute Gasteiger partial charge is 0.449 e. The van der Waals surface area contributed by atoms with Crippen molar-refractivity contribution in [2.24, 2.45) is 0 Å². The molecule has 0 fully saturated rings. The van der Waals surface area contributed by atoms with Crippen LogP contribution in [0.15, 0.2) is 48.5 Å². The molecule has 1 unspecified atom stereocenters. The first-order valence-corrected chi connectivity index (χ1v) is 12.0. The van der Waals surface area contributed by atoms with E-state index in [1.54, 1.807) is 6.92 Å². The third kappa shape index (κ3) is 4.97. The Bertz CT molecular complexity index is 1200. The van der Waals surface area contributed by atoms with E-state index in [0.717, 1.165) is 35.1 Å². The zero-order valence-electron chi connectivity index (χ0n) is 20.6. The highest BCUT2D eigenvalue weighted by Gasteiger charge is 2.29. The molecule has 1 atom stereocenters. The maximum atomic E-state index is 13.4. The van der Waals surface area contributed by atoms with Gasteiger partial charge in [0.05, 0.1) is 11.1 Å². The van der Waals surface area contributed by atoms with Crippen molar-refractivity contribution in [3.8, 4) is 0 Å². The number of carbonyl (C=O) groups excluding carboxylic acids is 2. The molecular formula is C28H33N3O3. The molecule has 0 spiro atoms. The van der Waals surface area contributed by atoms with Gasteiger partial charge in [0.25, 0.3) is 5.91 Å². The summed E-state index contributed by atoms with van der Waals surface area (Å²) in [5.74, 6) is -0.433. The van der Waals surface area contributed by atoms with Crippen molar-refractivity contribution in [2.75, 3.05) is 11.9 Å². The molecule has 0 aliphatic carbocycles. The monoisotopic (exact) mass is 459 g/mol. The average molecular weight is 460 g/mol. The number of ether oxygens (including phenoxy) is 1. The van der Waals surface area contributed by atoms with Gasteiger partial charge in [0, 0.05) is 47.9 Å². The van der Waals surface area contributed by atoms with Crippen molar-refractivity contribution in [1.29, 1.82) is 0 Å². The van der Waals surface area contributed by atoms with Crippen LogP contribution in [0.4, 0.5) is 5.69 Å². The van der Waals surface area contributed by atoms with Crippen LogP contribution in [-0.2, 0) is 22.5 Å². The van der Waals surface area contributed by atoms with Crippen LogP contribution in [0.3, 0.4) is 0 Å². The summed E-state index contributed by atoms with van der Waals surface area (Å²) in [5, 5.41) is 3.61. The molecule has 1 amide bonds. The molecule has 3 aromatic rings. The minimum absolute atomic E-state index is 0.357. The lowest BCUT2D eigenvalue weighted by Crippen LogP contribution is -2.37. The average Bonchev–Trinajstić information content (AvgIpc) is 2.82. The fraction of sp³-hybridized carbons (Fsp3) is 0.393. The molecule has 0 bridgehead atoms. The van der Waals surface area contributed by atoms with Crippen molar-refractivity contribution in [1.82, 2.24) is 9.88 Å². The second kappa shape index (κ2) is 9.94. The molecule has 1 aromatic heterocycles. The van der Waals surface area contributed by atoms with Crippen LogP contribution in [0.25, 0.3) is 10.9 Å². The fourth-order valence-corrected chi connectivity index (χ4v) is 4.35. The maximum Gasteiger partial charge on any atom is 0.339 e. The van der Waals surface area contributed by atoms with Gasteiger partial charge in [-0.1, -0.05) is 44.2 Å². The summed E-state index contributed by atoms with van der Waals surface area (Å²) in [7, 11) is 0. The maximum absolute atomic E-state index is 13.4. The summed E-state index contributed by atoms with van der Waals surface area (Å²) in [4.78, 5) is 33.4. The van der Waals surface area contributed by atoms with Crippen LogP contribution in [0.2, 0.25) is 0 Å². The molecule has 34 heavy (non-hydrogen) atoms. The summed E-state index contributed by atoms with van der Waals surface area (Å²) in [6.45, 7) is 11.7. The van der Waals surface area contributed by atoms with Gasteiger partial charge in [-0.25, -0.2) is 4.79 Å². The highest BCUT2D eigenvalue weighted by Crippen LogP contribution is 2.30. The molecule has 6 heteroatoms. The van der Waals surface area contributed by atoms with Crippen molar-refractivity contribution < 1.29 is 14.3 Å². The van der Waals surface area contributed by atoms with Gasteiger partial charge in [0.15, 0.2) is 6.10 Å². The predicted octanol–water partition coefficient (Wildman–Crippen LogP) is 5.31. The highest BCUT2D eigenvalue weighted by atomic mass is 16.5. The van der Waals surface area contributed by atoms with Crippen LogP contribution in [0.1, 0.15) is 67.7 Å². The molecule has 0 saturated carbocycles. The Hall–Kier alpha value is -3.25. The van der Waals surface area contributed by atoms with Crippen molar-refractivity contribution in [3.05, 3.63) is 70.9 Å². The number of benzene rings is 2. The van der Waals surface area contributed by atoms with E-state index in [1.165, 1.54) is 5.56 Å². The first-order valence-electron chi connectivity index (χ1n) is 12.0. The number of anilines is 1. The highest BCUT2D eigenvalue weighted by molar-refractivity contribution is 6.06. The number of rotatable bonds is 6. The SMILES string of the molecule is CC(OC(=O)c1c2c(nc3ccccc13)CCN(C(C)C)C2)C(=O)Nc1ccc(C(C)C)cc1. The topological polar surface area (TPSA) is 71.5 Å². The van der Waals surface area contributed by atoms with Crippen molar-refractivity contribution in [3.63, 3.8) is 0 Å². The molecular weight excluding hydrogens is 426 g/mol. The number of fused-ring (bicyclic) bond motifs is 2. The quantitative estimate of drug-likeness (QED) is 0.506. The number of nitrogens with one attached hydrogen (secondary N) is 1. The number of esters is 1. The Balaban J connectivity index is 1.57. The third-order valence-electron chi connectivity index (χ3n) is 6.51. The van der Waals surface area contributed by atoms with E-state index in [2.05, 4.69) is 37.9 Å². The first-order chi connectivity index (χ1) is 16.2. The number of nitrogens with zero attached hydrogens (tertiary/aromatic N) is 2. The minimum Gasteiger partial charge on any atom is -0.449 e.